The molecule has 34 heavy (non-hydrogen) atoms. The SMILES string of the molecule is CCCC[C@H](N=C1NS(=O)(=O)c2ccccc21)C(=O)OCc1cc(=O)oc2cc(OC)ccc12. The Labute approximate surface area is 196 Å². The molecule has 2 aromatic carbocycles. The molecule has 0 saturated carbocycles. The molecule has 9 nitrogen and oxygen atoms in total. The van der Waals surface area contributed by atoms with Crippen molar-refractivity contribution < 1.29 is 27.1 Å². The first-order valence-electron chi connectivity index (χ1n) is 10.8. The largest absolute Gasteiger partial charge is 0.497 e. The van der Waals surface area contributed by atoms with Crippen LogP contribution in [0.5, 0.6) is 5.75 Å². The van der Waals surface area contributed by atoms with Gasteiger partial charge in [-0.25, -0.2) is 18.0 Å². The van der Waals surface area contributed by atoms with E-state index in [1.165, 1.54) is 19.2 Å². The Hall–Kier alpha value is -3.66. The van der Waals surface area contributed by atoms with E-state index in [4.69, 9.17) is 13.9 Å². The predicted molar refractivity (Wildman–Crippen MR) is 125 cm³/mol. The topological polar surface area (TPSA) is 124 Å². The van der Waals surface area contributed by atoms with E-state index >= 15 is 0 Å². The van der Waals surface area contributed by atoms with Gasteiger partial charge in [0.25, 0.3) is 10.0 Å². The fourth-order valence-electron chi connectivity index (χ4n) is 3.72. The molecule has 178 valence electrons. The highest BCUT2D eigenvalue weighted by atomic mass is 32.2. The summed E-state index contributed by atoms with van der Waals surface area (Å²) in [5.74, 6) is 0.0329. The Kier molecular flexibility index (Phi) is 6.69. The second-order valence-corrected chi connectivity index (χ2v) is 9.45. The van der Waals surface area contributed by atoms with E-state index in [1.807, 2.05) is 6.92 Å². The Morgan fingerprint density at radius 2 is 1.97 bits per heavy atom. The molecule has 10 heteroatoms. The van der Waals surface area contributed by atoms with Crippen molar-refractivity contribution in [1.82, 2.24) is 4.72 Å². The van der Waals surface area contributed by atoms with Crippen molar-refractivity contribution in [3.8, 4) is 5.75 Å². The average Bonchev–Trinajstić information content (AvgIpc) is 3.09. The minimum absolute atomic E-state index is 0.117. The second-order valence-electron chi connectivity index (χ2n) is 7.80. The third-order valence-corrected chi connectivity index (χ3v) is 6.86. The molecule has 3 aromatic rings. The second kappa shape index (κ2) is 9.68. The van der Waals surface area contributed by atoms with Crippen LogP contribution < -0.4 is 15.1 Å². The highest BCUT2D eigenvalue weighted by Crippen LogP contribution is 2.25. The smallest absolute Gasteiger partial charge is 0.336 e. The molecule has 2 heterocycles. The Morgan fingerprint density at radius 3 is 2.74 bits per heavy atom. The molecule has 0 radical (unpaired) electrons. The summed E-state index contributed by atoms with van der Waals surface area (Å²) in [6.07, 6.45) is 1.91. The number of amidine groups is 1. The van der Waals surface area contributed by atoms with Gasteiger partial charge in [0.05, 0.1) is 12.0 Å². The number of nitrogens with one attached hydrogen (secondary N) is 1. The summed E-state index contributed by atoms with van der Waals surface area (Å²) in [7, 11) is -2.22. The van der Waals surface area contributed by atoms with Gasteiger partial charge in [-0.1, -0.05) is 31.9 Å². The molecular formula is C24H24N2O7S. The summed E-state index contributed by atoms with van der Waals surface area (Å²) >= 11 is 0. The average molecular weight is 485 g/mol. The number of ether oxygens (including phenoxy) is 2. The third-order valence-electron chi connectivity index (χ3n) is 5.46. The van der Waals surface area contributed by atoms with Gasteiger partial charge in [0, 0.05) is 28.6 Å². The molecule has 1 aliphatic heterocycles. The molecule has 0 aliphatic carbocycles. The first-order valence-corrected chi connectivity index (χ1v) is 12.3. The lowest BCUT2D eigenvalue weighted by atomic mass is 10.1. The third kappa shape index (κ3) is 4.81. The summed E-state index contributed by atoms with van der Waals surface area (Å²) < 4.78 is 43.1. The summed E-state index contributed by atoms with van der Waals surface area (Å²) in [6, 6.07) is 11.8. The van der Waals surface area contributed by atoms with Crippen LogP contribution in [0.15, 0.2) is 67.6 Å². The number of sulfonamides is 1. The Bertz CT molecular complexity index is 1430. The minimum Gasteiger partial charge on any atom is -0.497 e. The number of methoxy groups -OCH3 is 1. The van der Waals surface area contributed by atoms with Crippen molar-refractivity contribution in [2.45, 2.75) is 43.7 Å². The van der Waals surface area contributed by atoms with E-state index in [0.717, 1.165) is 6.42 Å². The fraction of sp³-hybridized carbons (Fsp3) is 0.292. The molecule has 1 aromatic heterocycles. The first kappa shape index (κ1) is 23.5. The van der Waals surface area contributed by atoms with E-state index in [-0.39, 0.29) is 17.3 Å². The normalized spacial score (nSPS) is 16.1. The van der Waals surface area contributed by atoms with E-state index in [1.54, 1.807) is 36.4 Å². The highest BCUT2D eigenvalue weighted by molar-refractivity contribution is 7.90. The van der Waals surface area contributed by atoms with Gasteiger partial charge in [0.1, 0.15) is 29.8 Å². The minimum atomic E-state index is -3.73. The van der Waals surface area contributed by atoms with Crippen molar-refractivity contribution in [2.75, 3.05) is 7.11 Å². The van der Waals surface area contributed by atoms with Crippen LogP contribution in [-0.4, -0.2) is 33.4 Å². The Morgan fingerprint density at radius 1 is 1.18 bits per heavy atom. The number of rotatable bonds is 8. The molecule has 1 N–H and O–H groups in total. The Balaban J connectivity index is 1.59. The van der Waals surface area contributed by atoms with Crippen molar-refractivity contribution in [1.29, 1.82) is 0 Å². The number of aliphatic imine (C=N–C) groups is 1. The zero-order valence-electron chi connectivity index (χ0n) is 18.7. The van der Waals surface area contributed by atoms with E-state index in [2.05, 4.69) is 9.71 Å². The molecular weight excluding hydrogens is 460 g/mol. The fourth-order valence-corrected chi connectivity index (χ4v) is 4.96. The number of carbonyl (C=O) groups is 1. The number of benzene rings is 2. The zero-order chi connectivity index (χ0) is 24.3. The number of unbranched alkanes of at least 4 members (excludes halogenated alkanes) is 1. The van der Waals surface area contributed by atoms with E-state index < -0.39 is 27.7 Å². The lowest BCUT2D eigenvalue weighted by Crippen LogP contribution is -2.28. The summed E-state index contributed by atoms with van der Waals surface area (Å²) in [5.41, 5.74) is 0.637. The molecule has 0 amide bonds. The van der Waals surface area contributed by atoms with Crippen LogP contribution in [-0.2, 0) is 26.2 Å². The van der Waals surface area contributed by atoms with Gasteiger partial charge < -0.3 is 13.9 Å². The standard InChI is InChI=1S/C24H24N2O7S/c1-3-4-8-19(25-23-18-7-5-6-9-21(18)34(29,30)26-23)24(28)32-14-15-12-22(27)33-20-13-16(31-2)10-11-17(15)20/h5-7,9-13,19H,3-4,8,14H2,1-2H3,(H,25,26)/t19-/m0/s1. The van der Waals surface area contributed by atoms with Crippen molar-refractivity contribution in [2.24, 2.45) is 4.99 Å². The maximum atomic E-state index is 13.0. The maximum Gasteiger partial charge on any atom is 0.336 e. The quantitative estimate of drug-likeness (QED) is 0.385. The van der Waals surface area contributed by atoms with Crippen LogP contribution in [0.4, 0.5) is 0 Å². The number of hydrogen-bond donors (Lipinski definition) is 1. The molecule has 1 atom stereocenters. The van der Waals surface area contributed by atoms with Crippen LogP contribution in [0.2, 0.25) is 0 Å². The molecule has 0 unspecified atom stereocenters. The van der Waals surface area contributed by atoms with Gasteiger partial charge >= 0.3 is 11.6 Å². The zero-order valence-corrected chi connectivity index (χ0v) is 19.6. The summed E-state index contributed by atoms with van der Waals surface area (Å²) in [6.45, 7) is 1.82. The lowest BCUT2D eigenvalue weighted by molar-refractivity contribution is -0.146. The molecule has 0 fully saturated rings. The van der Waals surface area contributed by atoms with Crippen LogP contribution >= 0.6 is 0 Å². The molecule has 0 bridgehead atoms. The van der Waals surface area contributed by atoms with Gasteiger partial charge in [-0.2, -0.15) is 0 Å². The summed E-state index contributed by atoms with van der Waals surface area (Å²) in [5, 5.41) is 0.613. The summed E-state index contributed by atoms with van der Waals surface area (Å²) in [4.78, 5) is 29.5. The molecule has 0 spiro atoms. The van der Waals surface area contributed by atoms with Gasteiger partial charge in [0.2, 0.25) is 0 Å². The van der Waals surface area contributed by atoms with E-state index in [0.29, 0.717) is 40.7 Å². The van der Waals surface area contributed by atoms with Crippen molar-refractivity contribution in [3.63, 3.8) is 0 Å². The number of carbonyl (C=O) groups excluding carboxylic acids is 1. The van der Waals surface area contributed by atoms with E-state index in [9.17, 15) is 18.0 Å². The first-order chi connectivity index (χ1) is 16.3. The number of esters is 1. The lowest BCUT2D eigenvalue weighted by Gasteiger charge is -2.14. The predicted octanol–water partition coefficient (Wildman–Crippen LogP) is 3.14. The van der Waals surface area contributed by atoms with Crippen LogP contribution in [0.1, 0.15) is 37.3 Å². The monoisotopic (exact) mass is 484 g/mol. The van der Waals surface area contributed by atoms with Crippen LogP contribution in [0.25, 0.3) is 11.0 Å². The van der Waals surface area contributed by atoms with Gasteiger partial charge in [-0.3, -0.25) is 9.71 Å². The van der Waals surface area contributed by atoms with Gasteiger partial charge in [-0.15, -0.1) is 0 Å². The van der Waals surface area contributed by atoms with Crippen LogP contribution in [0.3, 0.4) is 0 Å². The molecule has 4 rings (SSSR count). The number of fused-ring (bicyclic) bond motifs is 2. The maximum absolute atomic E-state index is 13.0. The molecule has 1 aliphatic rings. The number of nitrogens with zero attached hydrogens (tertiary/aromatic N) is 1. The highest BCUT2D eigenvalue weighted by Gasteiger charge is 2.32. The van der Waals surface area contributed by atoms with Crippen molar-refractivity contribution in [3.05, 3.63) is 70.1 Å². The van der Waals surface area contributed by atoms with Crippen LogP contribution in [0, 0.1) is 0 Å². The van der Waals surface area contributed by atoms with Gasteiger partial charge in [0.15, 0.2) is 0 Å². The van der Waals surface area contributed by atoms with Crippen molar-refractivity contribution >= 4 is 32.8 Å². The molecule has 0 saturated heterocycles. The van der Waals surface area contributed by atoms with Gasteiger partial charge in [-0.05, 0) is 30.7 Å². The number of hydrogen-bond acceptors (Lipinski definition) is 8.